The highest BCUT2D eigenvalue weighted by Gasteiger charge is 2.39. The van der Waals surface area contributed by atoms with E-state index in [4.69, 9.17) is 19.4 Å². The SMILES string of the molecule is CC1(C)CCC(C)(C)c2c1ccc1c2c2ccc3ccccc3c2n1-c1cccc2cc(-c3nc(-c4ccccc4)nc(-c4ccc5c(c4)oc4ccccc45)n3)ccc12. The van der Waals surface area contributed by atoms with Crippen LogP contribution in [0.3, 0.4) is 0 Å². The van der Waals surface area contributed by atoms with Crippen LogP contribution in [0, 0.1) is 0 Å². The molecule has 0 bridgehead atoms. The van der Waals surface area contributed by atoms with Gasteiger partial charge in [0, 0.05) is 49.0 Å². The van der Waals surface area contributed by atoms with Gasteiger partial charge >= 0.3 is 0 Å². The van der Waals surface area contributed by atoms with Crippen LogP contribution in [-0.4, -0.2) is 19.5 Å². The minimum Gasteiger partial charge on any atom is -0.456 e. The zero-order valence-electron chi connectivity index (χ0n) is 34.1. The number of nitrogens with zero attached hydrogens (tertiary/aromatic N) is 4. The second-order valence-electron chi connectivity index (χ2n) is 17.9. The van der Waals surface area contributed by atoms with E-state index in [0.717, 1.165) is 61.5 Å². The average molecular weight is 775 g/mol. The van der Waals surface area contributed by atoms with Crippen LogP contribution < -0.4 is 0 Å². The van der Waals surface area contributed by atoms with Crippen molar-refractivity contribution >= 4 is 65.3 Å². The smallest absolute Gasteiger partial charge is 0.164 e. The van der Waals surface area contributed by atoms with Gasteiger partial charge in [0.05, 0.1) is 16.7 Å². The summed E-state index contributed by atoms with van der Waals surface area (Å²) in [5.74, 6) is 1.84. The van der Waals surface area contributed by atoms with Gasteiger partial charge in [0.25, 0.3) is 0 Å². The first-order chi connectivity index (χ1) is 29.2. The first-order valence-electron chi connectivity index (χ1n) is 21.0. The molecule has 3 aromatic heterocycles. The molecule has 0 fully saturated rings. The van der Waals surface area contributed by atoms with Crippen LogP contribution >= 0.6 is 0 Å². The predicted molar refractivity (Wildman–Crippen MR) is 248 cm³/mol. The van der Waals surface area contributed by atoms with Crippen LogP contribution in [0.5, 0.6) is 0 Å². The van der Waals surface area contributed by atoms with Gasteiger partial charge in [-0.15, -0.1) is 0 Å². The molecule has 0 amide bonds. The molecule has 60 heavy (non-hydrogen) atoms. The number of hydrogen-bond acceptors (Lipinski definition) is 4. The molecule has 5 heteroatoms. The molecule has 8 aromatic carbocycles. The van der Waals surface area contributed by atoms with Gasteiger partial charge in [-0.2, -0.15) is 0 Å². The Morgan fingerprint density at radius 3 is 1.92 bits per heavy atom. The van der Waals surface area contributed by atoms with Crippen molar-refractivity contribution in [2.75, 3.05) is 0 Å². The van der Waals surface area contributed by atoms with Gasteiger partial charge in [0.2, 0.25) is 0 Å². The fourth-order valence-electron chi connectivity index (χ4n) is 10.1. The van der Waals surface area contributed by atoms with E-state index in [1.54, 1.807) is 0 Å². The molecule has 288 valence electrons. The van der Waals surface area contributed by atoms with Gasteiger partial charge in [0.1, 0.15) is 11.2 Å². The van der Waals surface area contributed by atoms with Gasteiger partial charge in [-0.3, -0.25) is 0 Å². The Morgan fingerprint density at radius 1 is 0.467 bits per heavy atom. The second-order valence-corrected chi connectivity index (χ2v) is 17.9. The van der Waals surface area contributed by atoms with Crippen molar-refractivity contribution in [2.24, 2.45) is 0 Å². The van der Waals surface area contributed by atoms with Crippen molar-refractivity contribution < 1.29 is 4.42 Å². The Hall–Kier alpha value is -7.11. The quantitative estimate of drug-likeness (QED) is 0.179. The van der Waals surface area contributed by atoms with Crippen LogP contribution in [0.25, 0.3) is 105 Å². The molecule has 3 heterocycles. The fourth-order valence-corrected chi connectivity index (χ4v) is 10.1. The number of aromatic nitrogens is 4. The maximum atomic E-state index is 6.28. The molecule has 0 aliphatic heterocycles. The molecule has 0 saturated carbocycles. The largest absolute Gasteiger partial charge is 0.456 e. The van der Waals surface area contributed by atoms with Crippen molar-refractivity contribution in [1.29, 1.82) is 0 Å². The summed E-state index contributed by atoms with van der Waals surface area (Å²) in [6.45, 7) is 9.72. The van der Waals surface area contributed by atoms with Gasteiger partial charge in [0.15, 0.2) is 17.5 Å². The highest BCUT2D eigenvalue weighted by Crippen LogP contribution is 2.51. The lowest BCUT2D eigenvalue weighted by Crippen LogP contribution is -2.34. The normalized spacial score (nSPS) is 14.8. The Kier molecular flexibility index (Phi) is 7.38. The topological polar surface area (TPSA) is 56.7 Å². The van der Waals surface area contributed by atoms with Crippen LogP contribution in [0.15, 0.2) is 162 Å². The molecule has 0 saturated heterocycles. The zero-order valence-corrected chi connectivity index (χ0v) is 34.1. The monoisotopic (exact) mass is 774 g/mol. The fraction of sp³-hybridized carbons (Fsp3) is 0.145. The summed E-state index contributed by atoms with van der Waals surface area (Å²) in [6.07, 6.45) is 2.33. The van der Waals surface area contributed by atoms with E-state index in [0.29, 0.717) is 17.5 Å². The highest BCUT2D eigenvalue weighted by atomic mass is 16.3. The van der Waals surface area contributed by atoms with Crippen molar-refractivity contribution in [3.63, 3.8) is 0 Å². The van der Waals surface area contributed by atoms with Gasteiger partial charge in [-0.1, -0.05) is 149 Å². The molecule has 0 atom stereocenters. The molecule has 11 aromatic rings. The molecular formula is C55H42N4O. The standard InChI is InChI=1S/C55H42N4O/c1-54(2)29-30-55(3,4)49-43(54)27-28-45-48(49)42-26-21-33-13-8-9-17-39(33)50(42)59(45)44-19-12-16-35-31-36(22-24-38(35)44)52-56-51(34-14-6-5-7-15-34)57-53(58-52)37-23-25-41-40-18-10-11-20-46(40)60-47(41)32-37/h5-28,31-32H,29-30H2,1-4H3. The summed E-state index contributed by atoms with van der Waals surface area (Å²) < 4.78 is 8.82. The lowest BCUT2D eigenvalue weighted by Gasteiger charge is -2.42. The first kappa shape index (κ1) is 34.9. The van der Waals surface area contributed by atoms with Crippen LogP contribution in [0.2, 0.25) is 0 Å². The predicted octanol–water partition coefficient (Wildman–Crippen LogP) is 14.5. The summed E-state index contributed by atoms with van der Waals surface area (Å²) >= 11 is 0. The van der Waals surface area contributed by atoms with E-state index in [-0.39, 0.29) is 10.8 Å². The number of benzene rings is 8. The van der Waals surface area contributed by atoms with Crippen LogP contribution in [-0.2, 0) is 10.8 Å². The number of furan rings is 1. The van der Waals surface area contributed by atoms with Crippen molar-refractivity contribution in [1.82, 2.24) is 19.5 Å². The van der Waals surface area contributed by atoms with E-state index in [2.05, 4.69) is 135 Å². The van der Waals surface area contributed by atoms with E-state index >= 15 is 0 Å². The molecule has 0 spiro atoms. The summed E-state index contributed by atoms with van der Waals surface area (Å²) in [4.78, 5) is 15.3. The number of fused-ring (bicyclic) bond motifs is 11. The molecule has 1 aliphatic rings. The third-order valence-corrected chi connectivity index (χ3v) is 13.3. The molecular weight excluding hydrogens is 733 g/mol. The van der Waals surface area contributed by atoms with Gasteiger partial charge < -0.3 is 8.98 Å². The highest BCUT2D eigenvalue weighted by molar-refractivity contribution is 6.20. The van der Waals surface area contributed by atoms with E-state index in [9.17, 15) is 0 Å². The Morgan fingerprint density at radius 2 is 1.10 bits per heavy atom. The Labute approximate surface area is 348 Å². The first-order valence-corrected chi connectivity index (χ1v) is 21.0. The third-order valence-electron chi connectivity index (χ3n) is 13.3. The molecule has 12 rings (SSSR count). The summed E-state index contributed by atoms with van der Waals surface area (Å²) in [5, 5.41) is 9.64. The number of rotatable bonds is 4. The minimum absolute atomic E-state index is 0.0442. The molecule has 0 unspecified atom stereocenters. The molecule has 0 radical (unpaired) electrons. The zero-order chi connectivity index (χ0) is 40.3. The summed E-state index contributed by atoms with van der Waals surface area (Å²) in [6, 6.07) is 56.2. The third kappa shape index (κ3) is 5.21. The van der Waals surface area contributed by atoms with Gasteiger partial charge in [-0.05, 0) is 82.0 Å². The van der Waals surface area contributed by atoms with Crippen molar-refractivity contribution in [3.05, 3.63) is 169 Å². The summed E-state index contributed by atoms with van der Waals surface area (Å²) in [5.41, 5.74) is 11.2. The maximum Gasteiger partial charge on any atom is 0.164 e. The van der Waals surface area contributed by atoms with Crippen LogP contribution in [0.4, 0.5) is 0 Å². The molecule has 1 aliphatic carbocycles. The average Bonchev–Trinajstić information content (AvgIpc) is 3.83. The minimum atomic E-state index is 0.0442. The summed E-state index contributed by atoms with van der Waals surface area (Å²) in [7, 11) is 0. The molecule has 0 N–H and O–H groups in total. The van der Waals surface area contributed by atoms with E-state index in [1.165, 1.54) is 50.1 Å². The number of hydrogen-bond donors (Lipinski definition) is 0. The van der Waals surface area contributed by atoms with Crippen LogP contribution in [0.1, 0.15) is 51.7 Å². The Balaban J connectivity index is 1.07. The number of para-hydroxylation sites is 1. The van der Waals surface area contributed by atoms with E-state index < -0.39 is 0 Å². The lowest BCUT2D eigenvalue weighted by molar-refractivity contribution is 0.334. The van der Waals surface area contributed by atoms with E-state index in [1.807, 2.05) is 54.6 Å². The molecule has 5 nitrogen and oxygen atoms in total. The Bertz CT molecular complexity index is 3550. The van der Waals surface area contributed by atoms with Crippen molar-refractivity contribution in [2.45, 2.75) is 51.4 Å². The second kappa shape index (κ2) is 12.7. The maximum absolute atomic E-state index is 6.28. The van der Waals surface area contributed by atoms with Gasteiger partial charge in [-0.25, -0.2) is 15.0 Å². The lowest BCUT2D eigenvalue weighted by atomic mass is 9.62. The van der Waals surface area contributed by atoms with Crippen molar-refractivity contribution in [3.8, 4) is 39.9 Å².